The maximum Gasteiger partial charge on any atom is 0.222 e. The van der Waals surface area contributed by atoms with E-state index in [0.29, 0.717) is 12.4 Å². The molecule has 2 aromatic carbocycles. The molecule has 0 atom stereocenters. The van der Waals surface area contributed by atoms with Gasteiger partial charge >= 0.3 is 0 Å². The molecular weight excluding hydrogens is 310 g/mol. The minimum atomic E-state index is 0.279. The van der Waals surface area contributed by atoms with E-state index in [0.717, 1.165) is 23.5 Å². The number of aryl methyl sites for hydroxylation is 1. The lowest BCUT2D eigenvalue weighted by atomic mass is 10.2. The Morgan fingerprint density at radius 1 is 0.960 bits per heavy atom. The Morgan fingerprint density at radius 3 is 2.44 bits per heavy atom. The maximum atomic E-state index is 5.90. The number of benzene rings is 2. The van der Waals surface area contributed by atoms with Crippen LogP contribution in [0.5, 0.6) is 0 Å². The number of para-hydroxylation sites is 1. The molecule has 0 spiro atoms. The number of nitrogens with two attached hydrogens (primary N) is 1. The van der Waals surface area contributed by atoms with Gasteiger partial charge < -0.3 is 11.1 Å². The molecule has 0 unspecified atom stereocenters. The standard InChI is InChI=1S/C20H23N5/c1-15-8-6-7-11-18(15)23-19-12-17(22-20(21)24-19)14-25(2)13-16-9-4-3-5-10-16/h3-12H,13-14H2,1-2H3,(H3,21,22,23,24). The van der Waals surface area contributed by atoms with Crippen molar-refractivity contribution in [3.8, 4) is 0 Å². The van der Waals surface area contributed by atoms with Gasteiger partial charge in [0.05, 0.1) is 5.69 Å². The molecule has 0 fully saturated rings. The number of hydrogen-bond donors (Lipinski definition) is 2. The summed E-state index contributed by atoms with van der Waals surface area (Å²) < 4.78 is 0. The van der Waals surface area contributed by atoms with Gasteiger partial charge in [0.2, 0.25) is 5.95 Å². The summed E-state index contributed by atoms with van der Waals surface area (Å²) in [7, 11) is 2.07. The fourth-order valence-corrected chi connectivity index (χ4v) is 2.74. The Kier molecular flexibility index (Phi) is 5.26. The molecule has 3 rings (SSSR count). The van der Waals surface area contributed by atoms with Gasteiger partial charge in [0.15, 0.2) is 0 Å². The van der Waals surface area contributed by atoms with E-state index < -0.39 is 0 Å². The number of nitrogen functional groups attached to an aromatic ring is 1. The Balaban J connectivity index is 1.72. The molecule has 3 aromatic rings. The van der Waals surface area contributed by atoms with Gasteiger partial charge in [-0.05, 0) is 31.2 Å². The minimum Gasteiger partial charge on any atom is -0.368 e. The van der Waals surface area contributed by atoms with Crippen LogP contribution in [-0.2, 0) is 13.1 Å². The van der Waals surface area contributed by atoms with Gasteiger partial charge in [0.25, 0.3) is 0 Å². The molecule has 0 saturated carbocycles. The molecule has 5 nitrogen and oxygen atoms in total. The zero-order chi connectivity index (χ0) is 17.6. The maximum absolute atomic E-state index is 5.90. The largest absolute Gasteiger partial charge is 0.368 e. The number of hydrogen-bond acceptors (Lipinski definition) is 5. The number of nitrogens with zero attached hydrogens (tertiary/aromatic N) is 3. The highest BCUT2D eigenvalue weighted by Crippen LogP contribution is 2.20. The highest BCUT2D eigenvalue weighted by molar-refractivity contribution is 5.60. The molecule has 0 amide bonds. The molecule has 0 aliphatic heterocycles. The van der Waals surface area contributed by atoms with Crippen molar-refractivity contribution < 1.29 is 0 Å². The molecular formula is C20H23N5. The second kappa shape index (κ2) is 7.77. The van der Waals surface area contributed by atoms with Crippen molar-refractivity contribution in [1.29, 1.82) is 0 Å². The molecule has 5 heteroatoms. The Hall–Kier alpha value is -2.92. The lowest BCUT2D eigenvalue weighted by Crippen LogP contribution is -2.18. The van der Waals surface area contributed by atoms with E-state index in [9.17, 15) is 0 Å². The molecule has 3 N–H and O–H groups in total. The first-order valence-electron chi connectivity index (χ1n) is 8.29. The van der Waals surface area contributed by atoms with Crippen LogP contribution in [0.15, 0.2) is 60.7 Å². The van der Waals surface area contributed by atoms with Gasteiger partial charge in [-0.2, -0.15) is 4.98 Å². The second-order valence-corrected chi connectivity index (χ2v) is 6.20. The van der Waals surface area contributed by atoms with E-state index in [1.807, 2.05) is 30.3 Å². The predicted molar refractivity (Wildman–Crippen MR) is 103 cm³/mol. The highest BCUT2D eigenvalue weighted by Gasteiger charge is 2.07. The van der Waals surface area contributed by atoms with Gasteiger partial charge in [-0.25, -0.2) is 4.98 Å². The van der Waals surface area contributed by atoms with Crippen LogP contribution in [0, 0.1) is 6.92 Å². The zero-order valence-electron chi connectivity index (χ0n) is 14.6. The van der Waals surface area contributed by atoms with Crippen molar-refractivity contribution in [3.63, 3.8) is 0 Å². The summed E-state index contributed by atoms with van der Waals surface area (Å²) >= 11 is 0. The topological polar surface area (TPSA) is 67.1 Å². The summed E-state index contributed by atoms with van der Waals surface area (Å²) in [5.74, 6) is 0.992. The summed E-state index contributed by atoms with van der Waals surface area (Å²) in [5.41, 5.74) is 10.2. The summed E-state index contributed by atoms with van der Waals surface area (Å²) in [6, 6.07) is 20.4. The first kappa shape index (κ1) is 16.9. The van der Waals surface area contributed by atoms with E-state index in [4.69, 9.17) is 5.73 Å². The van der Waals surface area contributed by atoms with E-state index in [2.05, 4.69) is 64.5 Å². The Bertz CT molecular complexity index is 832. The Morgan fingerprint density at radius 2 is 1.68 bits per heavy atom. The monoisotopic (exact) mass is 333 g/mol. The van der Waals surface area contributed by atoms with Crippen molar-refractivity contribution in [3.05, 3.63) is 77.5 Å². The van der Waals surface area contributed by atoms with Gasteiger partial charge in [0, 0.05) is 24.8 Å². The molecule has 1 heterocycles. The van der Waals surface area contributed by atoms with Crippen LogP contribution in [0.2, 0.25) is 0 Å². The first-order valence-corrected chi connectivity index (χ1v) is 8.29. The number of anilines is 3. The van der Waals surface area contributed by atoms with Crippen molar-refractivity contribution in [2.75, 3.05) is 18.1 Å². The molecule has 128 valence electrons. The smallest absolute Gasteiger partial charge is 0.222 e. The first-order chi connectivity index (χ1) is 12.1. The average Bonchev–Trinajstić information content (AvgIpc) is 2.57. The van der Waals surface area contributed by atoms with Crippen molar-refractivity contribution in [2.45, 2.75) is 20.0 Å². The van der Waals surface area contributed by atoms with Crippen LogP contribution in [0.4, 0.5) is 17.5 Å². The van der Waals surface area contributed by atoms with Gasteiger partial charge in [0.1, 0.15) is 5.82 Å². The van der Waals surface area contributed by atoms with Gasteiger partial charge in [-0.15, -0.1) is 0 Å². The minimum absolute atomic E-state index is 0.279. The fraction of sp³-hybridized carbons (Fsp3) is 0.200. The molecule has 0 saturated heterocycles. The predicted octanol–water partition coefficient (Wildman–Crippen LogP) is 3.74. The van der Waals surface area contributed by atoms with Crippen LogP contribution in [-0.4, -0.2) is 21.9 Å². The van der Waals surface area contributed by atoms with Crippen LogP contribution in [0.25, 0.3) is 0 Å². The quantitative estimate of drug-likeness (QED) is 0.719. The second-order valence-electron chi connectivity index (χ2n) is 6.20. The van der Waals surface area contributed by atoms with Gasteiger partial charge in [-0.3, -0.25) is 4.90 Å². The van der Waals surface area contributed by atoms with Crippen LogP contribution < -0.4 is 11.1 Å². The molecule has 1 aromatic heterocycles. The van der Waals surface area contributed by atoms with E-state index >= 15 is 0 Å². The zero-order valence-corrected chi connectivity index (χ0v) is 14.6. The molecule has 25 heavy (non-hydrogen) atoms. The Labute approximate surface area is 148 Å². The lowest BCUT2D eigenvalue weighted by Gasteiger charge is -2.17. The third-order valence-electron chi connectivity index (χ3n) is 3.93. The van der Waals surface area contributed by atoms with Crippen molar-refractivity contribution in [1.82, 2.24) is 14.9 Å². The molecule has 0 radical (unpaired) electrons. The third kappa shape index (κ3) is 4.78. The lowest BCUT2D eigenvalue weighted by molar-refractivity contribution is 0.315. The van der Waals surface area contributed by atoms with Crippen molar-refractivity contribution >= 4 is 17.5 Å². The van der Waals surface area contributed by atoms with Crippen molar-refractivity contribution in [2.24, 2.45) is 0 Å². The SMILES string of the molecule is Cc1ccccc1Nc1cc(CN(C)Cc2ccccc2)nc(N)n1. The summed E-state index contributed by atoms with van der Waals surface area (Å²) in [6.07, 6.45) is 0. The average molecular weight is 333 g/mol. The van der Waals surface area contributed by atoms with Crippen LogP contribution in [0.3, 0.4) is 0 Å². The highest BCUT2D eigenvalue weighted by atomic mass is 15.1. The summed E-state index contributed by atoms with van der Waals surface area (Å²) in [5, 5.41) is 3.33. The molecule has 0 bridgehead atoms. The number of nitrogens with one attached hydrogen (secondary N) is 1. The number of rotatable bonds is 6. The van der Waals surface area contributed by atoms with Crippen LogP contribution >= 0.6 is 0 Å². The van der Waals surface area contributed by atoms with E-state index in [1.165, 1.54) is 5.56 Å². The number of aromatic nitrogens is 2. The summed E-state index contributed by atoms with van der Waals surface area (Å²) in [6.45, 7) is 3.61. The third-order valence-corrected chi connectivity index (χ3v) is 3.93. The fourth-order valence-electron chi connectivity index (χ4n) is 2.74. The summed E-state index contributed by atoms with van der Waals surface area (Å²) in [4.78, 5) is 10.9. The normalized spacial score (nSPS) is 10.8. The molecule has 0 aliphatic rings. The van der Waals surface area contributed by atoms with E-state index in [-0.39, 0.29) is 5.95 Å². The van der Waals surface area contributed by atoms with Gasteiger partial charge in [-0.1, -0.05) is 48.5 Å². The van der Waals surface area contributed by atoms with Crippen LogP contribution in [0.1, 0.15) is 16.8 Å². The van der Waals surface area contributed by atoms with E-state index in [1.54, 1.807) is 0 Å². The molecule has 0 aliphatic carbocycles.